The molecule has 3 aromatic rings. The van der Waals surface area contributed by atoms with E-state index in [9.17, 15) is 0 Å². The Kier molecular flexibility index (Phi) is 3.30. The minimum absolute atomic E-state index is 0.881. The SMILES string of the molecule is COc1ccc(Nc2cccc3ccccc23)c(C)c1. The van der Waals surface area contributed by atoms with Gasteiger partial charge in [0, 0.05) is 16.8 Å². The van der Waals surface area contributed by atoms with E-state index in [0.29, 0.717) is 0 Å². The molecular weight excluding hydrogens is 246 g/mol. The van der Waals surface area contributed by atoms with Gasteiger partial charge in [0.05, 0.1) is 7.11 Å². The number of aryl methyl sites for hydroxylation is 1. The third-order valence-corrected chi connectivity index (χ3v) is 3.49. The Morgan fingerprint density at radius 2 is 1.65 bits per heavy atom. The molecule has 0 atom stereocenters. The van der Waals surface area contributed by atoms with Crippen molar-refractivity contribution < 1.29 is 4.74 Å². The van der Waals surface area contributed by atoms with Gasteiger partial charge in [0.2, 0.25) is 0 Å². The molecule has 2 heteroatoms. The van der Waals surface area contributed by atoms with Crippen LogP contribution >= 0.6 is 0 Å². The van der Waals surface area contributed by atoms with Crippen LogP contribution in [0.15, 0.2) is 60.7 Å². The van der Waals surface area contributed by atoms with Gasteiger partial charge in [-0.1, -0.05) is 36.4 Å². The van der Waals surface area contributed by atoms with E-state index in [1.165, 1.54) is 10.8 Å². The van der Waals surface area contributed by atoms with E-state index in [1.807, 2.05) is 12.1 Å². The van der Waals surface area contributed by atoms with Gasteiger partial charge in [-0.2, -0.15) is 0 Å². The fourth-order valence-corrected chi connectivity index (χ4v) is 2.38. The lowest BCUT2D eigenvalue weighted by molar-refractivity contribution is 0.414. The lowest BCUT2D eigenvalue weighted by Crippen LogP contribution is -1.94. The molecule has 0 heterocycles. The topological polar surface area (TPSA) is 21.3 Å². The van der Waals surface area contributed by atoms with Crippen LogP contribution in [0.5, 0.6) is 5.75 Å². The van der Waals surface area contributed by atoms with Crippen molar-refractivity contribution in [3.63, 3.8) is 0 Å². The lowest BCUT2D eigenvalue weighted by atomic mass is 10.1. The molecule has 0 aliphatic heterocycles. The highest BCUT2D eigenvalue weighted by Crippen LogP contribution is 2.29. The molecule has 0 aliphatic carbocycles. The zero-order valence-electron chi connectivity index (χ0n) is 11.7. The van der Waals surface area contributed by atoms with Crippen molar-refractivity contribution in [3.05, 3.63) is 66.2 Å². The van der Waals surface area contributed by atoms with E-state index >= 15 is 0 Å². The minimum atomic E-state index is 0.881. The molecule has 20 heavy (non-hydrogen) atoms. The summed E-state index contributed by atoms with van der Waals surface area (Å²) in [7, 11) is 1.69. The van der Waals surface area contributed by atoms with Gasteiger partial charge in [-0.25, -0.2) is 0 Å². The molecule has 100 valence electrons. The van der Waals surface area contributed by atoms with Gasteiger partial charge in [-0.05, 0) is 42.1 Å². The van der Waals surface area contributed by atoms with E-state index in [1.54, 1.807) is 7.11 Å². The molecule has 0 aromatic heterocycles. The van der Waals surface area contributed by atoms with Gasteiger partial charge in [0.25, 0.3) is 0 Å². The van der Waals surface area contributed by atoms with Crippen LogP contribution in [-0.2, 0) is 0 Å². The highest BCUT2D eigenvalue weighted by molar-refractivity contribution is 5.95. The van der Waals surface area contributed by atoms with Crippen molar-refractivity contribution in [3.8, 4) is 5.75 Å². The van der Waals surface area contributed by atoms with Crippen molar-refractivity contribution in [1.82, 2.24) is 0 Å². The van der Waals surface area contributed by atoms with E-state index in [-0.39, 0.29) is 0 Å². The summed E-state index contributed by atoms with van der Waals surface area (Å²) in [5, 5.41) is 5.98. The number of hydrogen-bond donors (Lipinski definition) is 1. The first kappa shape index (κ1) is 12.5. The Hall–Kier alpha value is -2.48. The maximum absolute atomic E-state index is 5.24. The molecule has 0 bridgehead atoms. The number of methoxy groups -OCH3 is 1. The average Bonchev–Trinajstić information content (AvgIpc) is 2.49. The van der Waals surface area contributed by atoms with E-state index in [2.05, 4.69) is 60.8 Å². The molecule has 0 spiro atoms. The first-order valence-corrected chi connectivity index (χ1v) is 6.67. The van der Waals surface area contributed by atoms with Gasteiger partial charge in [-0.3, -0.25) is 0 Å². The summed E-state index contributed by atoms with van der Waals surface area (Å²) >= 11 is 0. The van der Waals surface area contributed by atoms with Gasteiger partial charge in [0.1, 0.15) is 5.75 Å². The standard InChI is InChI=1S/C18H17NO/c1-13-12-15(20-2)10-11-17(13)19-18-9-5-7-14-6-3-4-8-16(14)18/h3-12,19H,1-2H3. The smallest absolute Gasteiger partial charge is 0.119 e. The molecule has 0 saturated heterocycles. The summed E-state index contributed by atoms with van der Waals surface area (Å²) in [6.07, 6.45) is 0. The van der Waals surface area contributed by atoms with Crippen molar-refractivity contribution in [2.24, 2.45) is 0 Å². The second-order valence-electron chi connectivity index (χ2n) is 4.83. The second-order valence-corrected chi connectivity index (χ2v) is 4.83. The molecule has 0 radical (unpaired) electrons. The first-order valence-electron chi connectivity index (χ1n) is 6.67. The molecule has 0 aliphatic rings. The molecule has 0 amide bonds. The summed E-state index contributed by atoms with van der Waals surface area (Å²) in [4.78, 5) is 0. The third-order valence-electron chi connectivity index (χ3n) is 3.49. The lowest BCUT2D eigenvalue weighted by Gasteiger charge is -2.13. The van der Waals surface area contributed by atoms with Crippen molar-refractivity contribution in [1.29, 1.82) is 0 Å². The van der Waals surface area contributed by atoms with E-state index < -0.39 is 0 Å². The van der Waals surface area contributed by atoms with Crippen LogP contribution in [0.4, 0.5) is 11.4 Å². The van der Waals surface area contributed by atoms with Gasteiger partial charge in [-0.15, -0.1) is 0 Å². The number of fused-ring (bicyclic) bond motifs is 1. The molecule has 3 rings (SSSR count). The minimum Gasteiger partial charge on any atom is -0.497 e. The highest BCUT2D eigenvalue weighted by atomic mass is 16.5. The molecular formula is C18H17NO. The fourth-order valence-electron chi connectivity index (χ4n) is 2.38. The summed E-state index contributed by atoms with van der Waals surface area (Å²) in [6.45, 7) is 2.08. The van der Waals surface area contributed by atoms with Crippen LogP contribution in [0.25, 0.3) is 10.8 Å². The first-order chi connectivity index (χ1) is 9.78. The quantitative estimate of drug-likeness (QED) is 0.725. The number of ether oxygens (including phenoxy) is 1. The van der Waals surface area contributed by atoms with Crippen LogP contribution < -0.4 is 10.1 Å². The van der Waals surface area contributed by atoms with E-state index in [0.717, 1.165) is 22.7 Å². The predicted octanol–water partition coefficient (Wildman–Crippen LogP) is 4.90. The Balaban J connectivity index is 2.01. The van der Waals surface area contributed by atoms with Crippen molar-refractivity contribution >= 4 is 22.1 Å². The van der Waals surface area contributed by atoms with Crippen LogP contribution in [0.1, 0.15) is 5.56 Å². The zero-order chi connectivity index (χ0) is 13.9. The van der Waals surface area contributed by atoms with Crippen LogP contribution in [0.3, 0.4) is 0 Å². The second kappa shape index (κ2) is 5.25. The molecule has 1 N–H and O–H groups in total. The zero-order valence-corrected chi connectivity index (χ0v) is 11.7. The number of anilines is 2. The number of benzene rings is 3. The molecule has 3 aromatic carbocycles. The van der Waals surface area contributed by atoms with Crippen LogP contribution in [-0.4, -0.2) is 7.11 Å². The number of hydrogen-bond acceptors (Lipinski definition) is 2. The highest BCUT2D eigenvalue weighted by Gasteiger charge is 2.04. The molecule has 0 fully saturated rings. The Bertz CT molecular complexity index is 744. The normalized spacial score (nSPS) is 10.5. The van der Waals surface area contributed by atoms with Crippen LogP contribution in [0, 0.1) is 6.92 Å². The maximum Gasteiger partial charge on any atom is 0.119 e. The van der Waals surface area contributed by atoms with Gasteiger partial charge in [0.15, 0.2) is 0 Å². The summed E-state index contributed by atoms with van der Waals surface area (Å²) in [5.41, 5.74) is 3.39. The summed E-state index contributed by atoms with van der Waals surface area (Å²) < 4.78 is 5.24. The maximum atomic E-state index is 5.24. The Morgan fingerprint density at radius 1 is 0.850 bits per heavy atom. The van der Waals surface area contributed by atoms with Gasteiger partial charge >= 0.3 is 0 Å². The number of rotatable bonds is 3. The van der Waals surface area contributed by atoms with Gasteiger partial charge < -0.3 is 10.1 Å². The summed E-state index contributed by atoms with van der Waals surface area (Å²) in [5.74, 6) is 0.881. The van der Waals surface area contributed by atoms with Crippen molar-refractivity contribution in [2.45, 2.75) is 6.92 Å². The molecule has 0 saturated carbocycles. The largest absolute Gasteiger partial charge is 0.497 e. The monoisotopic (exact) mass is 263 g/mol. The Morgan fingerprint density at radius 3 is 2.45 bits per heavy atom. The average molecular weight is 263 g/mol. The predicted molar refractivity (Wildman–Crippen MR) is 85.0 cm³/mol. The Labute approximate surface area is 119 Å². The summed E-state index contributed by atoms with van der Waals surface area (Å²) in [6, 6.07) is 20.7. The van der Waals surface area contributed by atoms with Crippen LogP contribution in [0.2, 0.25) is 0 Å². The van der Waals surface area contributed by atoms with Crippen molar-refractivity contribution in [2.75, 3.05) is 12.4 Å². The molecule has 2 nitrogen and oxygen atoms in total. The fraction of sp³-hybridized carbons (Fsp3) is 0.111. The third kappa shape index (κ3) is 2.32. The van der Waals surface area contributed by atoms with E-state index in [4.69, 9.17) is 4.74 Å². The number of nitrogens with one attached hydrogen (secondary N) is 1. The molecule has 0 unspecified atom stereocenters.